The van der Waals surface area contributed by atoms with E-state index in [1.54, 1.807) is 0 Å². The van der Waals surface area contributed by atoms with Crippen LogP contribution in [0.15, 0.2) is 18.3 Å². The quantitative estimate of drug-likeness (QED) is 0.780. The van der Waals surface area contributed by atoms with Gasteiger partial charge in [-0.25, -0.2) is 9.97 Å². The van der Waals surface area contributed by atoms with E-state index in [4.69, 9.17) is 0 Å². The van der Waals surface area contributed by atoms with E-state index in [1.165, 1.54) is 0 Å². The van der Waals surface area contributed by atoms with Crippen LogP contribution in [0.25, 0.3) is 11.2 Å². The number of nitrogens with one attached hydrogen (secondary N) is 1. The normalized spacial score (nSPS) is 16.9. The van der Waals surface area contributed by atoms with Crippen LogP contribution in [0.1, 0.15) is 5.82 Å². The summed E-state index contributed by atoms with van der Waals surface area (Å²) in [6.45, 7) is 2.24. The molecule has 0 atom stereocenters. The number of nitrogens with zero attached hydrogens (tertiary/aromatic N) is 3. The molecule has 1 saturated heterocycles. The molecule has 4 nitrogen and oxygen atoms in total. The molecule has 0 aromatic carbocycles. The smallest absolute Gasteiger partial charge is 0.159 e. The number of imidazole rings is 1. The summed E-state index contributed by atoms with van der Waals surface area (Å²) in [6.07, 6.45) is 2.87. The van der Waals surface area contributed by atoms with Gasteiger partial charge in [-0.1, -0.05) is 0 Å². The molecule has 0 amide bonds. The van der Waals surface area contributed by atoms with Crippen LogP contribution >= 0.6 is 0 Å². The summed E-state index contributed by atoms with van der Waals surface area (Å²) in [7, 11) is 2.05. The van der Waals surface area contributed by atoms with Crippen molar-refractivity contribution in [1.82, 2.24) is 19.9 Å². The summed E-state index contributed by atoms with van der Waals surface area (Å²) in [5.74, 6) is 1.90. The lowest BCUT2D eigenvalue weighted by atomic mass is 9.99. The maximum absolute atomic E-state index is 4.61. The van der Waals surface area contributed by atoms with E-state index < -0.39 is 0 Å². The fourth-order valence-corrected chi connectivity index (χ4v) is 2.00. The second kappa shape index (κ2) is 3.31. The highest BCUT2D eigenvalue weighted by atomic mass is 15.1. The summed E-state index contributed by atoms with van der Waals surface area (Å²) in [6, 6.07) is 3.95. The first-order chi connectivity index (χ1) is 7.34. The Bertz CT molecular complexity index is 484. The average Bonchev–Trinajstić information content (AvgIpc) is 2.51. The van der Waals surface area contributed by atoms with Crippen molar-refractivity contribution in [2.75, 3.05) is 13.1 Å². The van der Waals surface area contributed by atoms with Crippen molar-refractivity contribution in [2.45, 2.75) is 6.42 Å². The van der Waals surface area contributed by atoms with Crippen LogP contribution in [0.4, 0.5) is 0 Å². The zero-order valence-electron chi connectivity index (χ0n) is 8.77. The van der Waals surface area contributed by atoms with Crippen LogP contribution < -0.4 is 5.32 Å². The Labute approximate surface area is 88.3 Å². The van der Waals surface area contributed by atoms with Gasteiger partial charge in [0.15, 0.2) is 5.65 Å². The molecule has 3 rings (SSSR count). The van der Waals surface area contributed by atoms with Crippen molar-refractivity contribution in [3.63, 3.8) is 0 Å². The van der Waals surface area contributed by atoms with Crippen LogP contribution in [0.5, 0.6) is 0 Å². The van der Waals surface area contributed by atoms with Gasteiger partial charge >= 0.3 is 0 Å². The molecule has 0 saturated carbocycles. The van der Waals surface area contributed by atoms with E-state index in [0.717, 1.165) is 42.4 Å². The molecule has 0 unspecified atom stereocenters. The van der Waals surface area contributed by atoms with Crippen molar-refractivity contribution in [3.05, 3.63) is 24.2 Å². The minimum Gasteiger partial charge on any atom is -0.316 e. The number of hydrogen-bond donors (Lipinski definition) is 1. The Balaban J connectivity index is 1.99. The fraction of sp³-hybridized carbons (Fsp3) is 0.455. The van der Waals surface area contributed by atoms with Crippen LogP contribution in [0, 0.1) is 5.92 Å². The molecule has 0 radical (unpaired) electrons. The number of aromatic nitrogens is 3. The summed E-state index contributed by atoms with van der Waals surface area (Å²) >= 11 is 0. The van der Waals surface area contributed by atoms with Gasteiger partial charge in [-0.2, -0.15) is 0 Å². The summed E-state index contributed by atoms with van der Waals surface area (Å²) in [5.41, 5.74) is 1.99. The molecule has 0 aliphatic carbocycles. The molecule has 0 bridgehead atoms. The Morgan fingerprint density at radius 2 is 2.40 bits per heavy atom. The van der Waals surface area contributed by atoms with Gasteiger partial charge < -0.3 is 9.88 Å². The first kappa shape index (κ1) is 8.85. The average molecular weight is 202 g/mol. The lowest BCUT2D eigenvalue weighted by Gasteiger charge is -2.26. The molecule has 1 N–H and O–H groups in total. The zero-order valence-corrected chi connectivity index (χ0v) is 8.77. The third kappa shape index (κ3) is 1.41. The molecule has 0 spiro atoms. The van der Waals surface area contributed by atoms with Crippen molar-refractivity contribution in [3.8, 4) is 0 Å². The molecule has 1 aliphatic rings. The number of hydrogen-bond acceptors (Lipinski definition) is 3. The Kier molecular flexibility index (Phi) is 1.95. The van der Waals surface area contributed by atoms with Crippen LogP contribution in [-0.4, -0.2) is 27.6 Å². The highest BCUT2D eigenvalue weighted by molar-refractivity contribution is 5.70. The topological polar surface area (TPSA) is 42.7 Å². The number of fused-ring (bicyclic) bond motifs is 1. The van der Waals surface area contributed by atoms with Crippen molar-refractivity contribution >= 4 is 11.2 Å². The van der Waals surface area contributed by atoms with E-state index >= 15 is 0 Å². The molecule has 1 aliphatic heterocycles. The minimum absolute atomic E-state index is 0.750. The molecule has 78 valence electrons. The lowest BCUT2D eigenvalue weighted by Crippen LogP contribution is -2.43. The molecule has 2 aromatic heterocycles. The van der Waals surface area contributed by atoms with Crippen molar-refractivity contribution in [1.29, 1.82) is 0 Å². The molecular formula is C11H14N4. The van der Waals surface area contributed by atoms with Gasteiger partial charge in [0.05, 0.1) is 0 Å². The highest BCUT2D eigenvalue weighted by Gasteiger charge is 2.20. The van der Waals surface area contributed by atoms with Crippen LogP contribution in [0.3, 0.4) is 0 Å². The third-order valence-electron chi connectivity index (χ3n) is 3.06. The van der Waals surface area contributed by atoms with Crippen molar-refractivity contribution in [2.24, 2.45) is 13.0 Å². The maximum atomic E-state index is 4.61. The summed E-state index contributed by atoms with van der Waals surface area (Å²) < 4.78 is 2.10. The zero-order chi connectivity index (χ0) is 10.3. The number of pyridine rings is 1. The predicted octanol–water partition coefficient (Wildman–Crippen LogP) is 0.730. The van der Waals surface area contributed by atoms with Gasteiger partial charge in [0.2, 0.25) is 0 Å². The Hall–Kier alpha value is -1.42. The van der Waals surface area contributed by atoms with E-state index in [2.05, 4.69) is 19.9 Å². The fourth-order valence-electron chi connectivity index (χ4n) is 2.00. The highest BCUT2D eigenvalue weighted by Crippen LogP contribution is 2.16. The molecule has 2 aromatic rings. The lowest BCUT2D eigenvalue weighted by molar-refractivity contribution is 0.339. The van der Waals surface area contributed by atoms with Crippen molar-refractivity contribution < 1.29 is 0 Å². The number of aryl methyl sites for hydroxylation is 1. The first-order valence-corrected chi connectivity index (χ1v) is 5.31. The van der Waals surface area contributed by atoms with Gasteiger partial charge in [-0.05, 0) is 31.1 Å². The largest absolute Gasteiger partial charge is 0.316 e. The predicted molar refractivity (Wildman–Crippen MR) is 58.6 cm³/mol. The maximum Gasteiger partial charge on any atom is 0.159 e. The first-order valence-electron chi connectivity index (χ1n) is 5.31. The van der Waals surface area contributed by atoms with E-state index in [-0.39, 0.29) is 0 Å². The van der Waals surface area contributed by atoms with Gasteiger partial charge in [0, 0.05) is 19.7 Å². The van der Waals surface area contributed by atoms with E-state index in [9.17, 15) is 0 Å². The Morgan fingerprint density at radius 3 is 3.07 bits per heavy atom. The molecular weight excluding hydrogens is 188 g/mol. The van der Waals surface area contributed by atoms with Gasteiger partial charge in [0.1, 0.15) is 11.3 Å². The second-order valence-electron chi connectivity index (χ2n) is 4.16. The molecule has 15 heavy (non-hydrogen) atoms. The van der Waals surface area contributed by atoms with E-state index in [1.807, 2.05) is 25.4 Å². The molecule has 4 heteroatoms. The molecule has 1 fully saturated rings. The van der Waals surface area contributed by atoms with Crippen LogP contribution in [-0.2, 0) is 13.5 Å². The monoisotopic (exact) mass is 202 g/mol. The minimum atomic E-state index is 0.750. The third-order valence-corrected chi connectivity index (χ3v) is 3.06. The van der Waals surface area contributed by atoms with Gasteiger partial charge in [-0.3, -0.25) is 0 Å². The van der Waals surface area contributed by atoms with Gasteiger partial charge in [-0.15, -0.1) is 0 Å². The van der Waals surface area contributed by atoms with Gasteiger partial charge in [0.25, 0.3) is 0 Å². The molecule has 3 heterocycles. The van der Waals surface area contributed by atoms with Crippen LogP contribution in [0.2, 0.25) is 0 Å². The standard InChI is InChI=1S/C11H14N4/c1-15-10(5-8-6-12-7-8)14-9-3-2-4-13-11(9)15/h2-4,8,12H,5-7H2,1H3. The van der Waals surface area contributed by atoms with E-state index in [0.29, 0.717) is 0 Å². The number of rotatable bonds is 2. The summed E-state index contributed by atoms with van der Waals surface area (Å²) in [4.78, 5) is 8.94. The summed E-state index contributed by atoms with van der Waals surface area (Å²) in [5, 5.41) is 3.28. The SMILES string of the molecule is Cn1c(CC2CNC2)nc2cccnc21. The Morgan fingerprint density at radius 1 is 1.53 bits per heavy atom. The second-order valence-corrected chi connectivity index (χ2v) is 4.16.